The largest absolute Gasteiger partial charge is 0.458 e. The monoisotopic (exact) mass is 795 g/mol. The van der Waals surface area contributed by atoms with Crippen LogP contribution in [0.25, 0.3) is 6.08 Å². The highest BCUT2D eigenvalue weighted by molar-refractivity contribution is 5.96. The van der Waals surface area contributed by atoms with Crippen molar-refractivity contribution in [1.29, 1.82) is 0 Å². The second kappa shape index (κ2) is 16.0. The van der Waals surface area contributed by atoms with Crippen molar-refractivity contribution >= 4 is 29.8 Å². The number of aliphatic hydroxyl groups excluding tert-OH is 2. The Labute approximate surface area is 324 Å². The number of hydroxylamine groups is 2. The summed E-state index contributed by atoms with van der Waals surface area (Å²) in [5, 5.41) is 26.3. The van der Waals surface area contributed by atoms with Gasteiger partial charge in [-0.1, -0.05) is 84.9 Å². The van der Waals surface area contributed by atoms with Gasteiger partial charge in [0.15, 0.2) is 12.6 Å². The van der Waals surface area contributed by atoms with Crippen LogP contribution in [0, 0.1) is 5.41 Å². The average molecular weight is 796 g/mol. The summed E-state index contributed by atoms with van der Waals surface area (Å²) in [6.45, 7) is -0.991. The number of halogens is 3. The maximum absolute atomic E-state index is 14.8. The lowest BCUT2D eigenvalue weighted by atomic mass is 9.62. The third-order valence-corrected chi connectivity index (χ3v) is 10.5. The van der Waals surface area contributed by atoms with Crippen molar-refractivity contribution in [2.45, 2.75) is 74.5 Å². The number of benzene rings is 3. The molecule has 8 atom stereocenters. The van der Waals surface area contributed by atoms with Gasteiger partial charge in [0, 0.05) is 30.2 Å². The molecule has 4 aliphatic rings. The van der Waals surface area contributed by atoms with E-state index in [-0.39, 0.29) is 26.1 Å². The number of nitrogens with one attached hydrogen (secondary N) is 2. The molecule has 17 heteroatoms. The van der Waals surface area contributed by atoms with Crippen LogP contribution in [0.2, 0.25) is 0 Å². The normalized spacial score (nSPS) is 27.3. The number of hydrogen-bond acceptors (Lipinski definition) is 12. The molecule has 3 heterocycles. The average Bonchev–Trinajstić information content (AvgIpc) is 3.78. The van der Waals surface area contributed by atoms with Crippen LogP contribution < -0.4 is 10.6 Å². The molecular weight excluding hydrogens is 755 g/mol. The Hall–Kier alpha value is -5.17. The summed E-state index contributed by atoms with van der Waals surface area (Å²) in [7, 11) is 0. The molecule has 8 unspecified atom stereocenters. The number of carbonyl (C=O) groups is 4. The second-order valence-corrected chi connectivity index (χ2v) is 14.2. The molecule has 302 valence electrons. The molecule has 2 bridgehead atoms. The fourth-order valence-electron chi connectivity index (χ4n) is 7.94. The fraction of sp³-hybridized carbons (Fsp3) is 0.400. The molecule has 3 aromatic carbocycles. The van der Waals surface area contributed by atoms with Crippen LogP contribution in [0.4, 0.5) is 13.2 Å². The Kier molecular flexibility index (Phi) is 11.2. The molecule has 3 aliphatic heterocycles. The van der Waals surface area contributed by atoms with Gasteiger partial charge in [-0.25, -0.2) is 4.79 Å². The zero-order valence-electron chi connectivity index (χ0n) is 30.5. The lowest BCUT2D eigenvalue weighted by Crippen LogP contribution is -2.71. The van der Waals surface area contributed by atoms with E-state index in [0.717, 1.165) is 6.08 Å². The number of amides is 2. The molecule has 3 saturated heterocycles. The van der Waals surface area contributed by atoms with Gasteiger partial charge in [-0.05, 0) is 24.1 Å². The summed E-state index contributed by atoms with van der Waals surface area (Å²) in [5.74, 6) is -5.01. The molecule has 0 aromatic heterocycles. The topological polar surface area (TPSA) is 182 Å². The molecule has 1 aliphatic carbocycles. The van der Waals surface area contributed by atoms with E-state index >= 15 is 0 Å². The van der Waals surface area contributed by atoms with Crippen LogP contribution in [0.3, 0.4) is 0 Å². The number of rotatable bonds is 13. The van der Waals surface area contributed by atoms with Crippen molar-refractivity contribution in [1.82, 2.24) is 15.7 Å². The van der Waals surface area contributed by atoms with Crippen LogP contribution in [-0.4, -0.2) is 108 Å². The zero-order valence-corrected chi connectivity index (χ0v) is 30.5. The van der Waals surface area contributed by atoms with Gasteiger partial charge in [0.05, 0.1) is 19.3 Å². The van der Waals surface area contributed by atoms with E-state index < -0.39 is 90.3 Å². The standard InChI is InChI=1S/C40H40F3N3O11/c1-23(48)30(35(50)44-18-19-47)45-37(52)38-20-28-31-32(56-40(55-31,26-8-4-2-5-9-26)27-10-6-3-7-11-27)34(38)57-46(33(38)36(51)54-28)21-25-14-12-24(13-15-25)16-17-29(49)53-22-39(41,42)43/h2-17,23,28,30-34,47-48H,18-22H2,1H3,(H,44,50)(H,45,52). The minimum atomic E-state index is -4.66. The molecule has 2 amide bonds. The van der Waals surface area contributed by atoms with Crippen LogP contribution in [0.5, 0.6) is 0 Å². The Morgan fingerprint density at radius 3 is 2.21 bits per heavy atom. The number of ether oxygens (including phenoxy) is 4. The number of hydrogen-bond donors (Lipinski definition) is 4. The second-order valence-electron chi connectivity index (χ2n) is 14.2. The molecule has 3 aromatic rings. The van der Waals surface area contributed by atoms with Gasteiger partial charge in [0.1, 0.15) is 35.9 Å². The predicted octanol–water partition coefficient (Wildman–Crippen LogP) is 2.26. The highest BCUT2D eigenvalue weighted by atomic mass is 19.4. The first-order chi connectivity index (χ1) is 27.3. The summed E-state index contributed by atoms with van der Waals surface area (Å²) >= 11 is 0. The van der Waals surface area contributed by atoms with Gasteiger partial charge in [0.25, 0.3) is 0 Å². The molecular formula is C40H40F3N3O11. The van der Waals surface area contributed by atoms with Gasteiger partial charge in [-0.2, -0.15) is 18.2 Å². The van der Waals surface area contributed by atoms with Gasteiger partial charge in [-0.3, -0.25) is 19.2 Å². The minimum absolute atomic E-state index is 0.0782. The fourth-order valence-corrected chi connectivity index (χ4v) is 7.94. The van der Waals surface area contributed by atoms with Crippen molar-refractivity contribution in [2.24, 2.45) is 5.41 Å². The zero-order chi connectivity index (χ0) is 40.5. The number of esters is 2. The van der Waals surface area contributed by atoms with Crippen LogP contribution >= 0.6 is 0 Å². The van der Waals surface area contributed by atoms with E-state index in [1.807, 2.05) is 60.7 Å². The van der Waals surface area contributed by atoms with Crippen LogP contribution in [0.15, 0.2) is 91.0 Å². The SMILES string of the molecule is CC(O)C(NC(=O)C12CC3OC(=O)C1N(Cc1ccc(C=CC(=O)OCC(F)(F)F)cc1)OC2C1OC(c2ccccc2)(c2ccccc2)OC31)C(=O)NCCO. The number of aliphatic hydroxyl groups is 2. The van der Waals surface area contributed by atoms with E-state index in [1.165, 1.54) is 18.1 Å². The Bertz CT molecular complexity index is 1940. The summed E-state index contributed by atoms with van der Waals surface area (Å²) < 4.78 is 61.3. The van der Waals surface area contributed by atoms with E-state index in [0.29, 0.717) is 22.3 Å². The summed E-state index contributed by atoms with van der Waals surface area (Å²) in [6, 6.07) is 21.9. The molecule has 14 nitrogen and oxygen atoms in total. The Balaban J connectivity index is 1.23. The van der Waals surface area contributed by atoms with E-state index in [1.54, 1.807) is 24.3 Å². The molecule has 0 radical (unpaired) electrons. The van der Waals surface area contributed by atoms with Crippen molar-refractivity contribution in [3.63, 3.8) is 0 Å². The van der Waals surface area contributed by atoms with E-state index in [4.69, 9.17) is 19.0 Å². The Morgan fingerprint density at radius 2 is 1.61 bits per heavy atom. The molecule has 4 N–H and O–H groups in total. The van der Waals surface area contributed by atoms with Crippen molar-refractivity contribution in [2.75, 3.05) is 19.8 Å². The molecule has 0 spiro atoms. The van der Waals surface area contributed by atoms with Gasteiger partial charge in [0.2, 0.25) is 17.6 Å². The molecule has 4 fully saturated rings. The first-order valence-corrected chi connectivity index (χ1v) is 18.2. The van der Waals surface area contributed by atoms with Gasteiger partial charge < -0.3 is 39.8 Å². The van der Waals surface area contributed by atoms with Crippen LogP contribution in [-0.2, 0) is 55.3 Å². The minimum Gasteiger partial charge on any atom is -0.458 e. The van der Waals surface area contributed by atoms with Gasteiger partial charge in [-0.15, -0.1) is 0 Å². The third-order valence-electron chi connectivity index (χ3n) is 10.5. The molecule has 1 saturated carbocycles. The number of alkyl halides is 3. The lowest BCUT2D eigenvalue weighted by molar-refractivity contribution is -0.213. The van der Waals surface area contributed by atoms with Crippen molar-refractivity contribution in [3.05, 3.63) is 113 Å². The van der Waals surface area contributed by atoms with E-state index in [2.05, 4.69) is 15.4 Å². The summed E-state index contributed by atoms with van der Waals surface area (Å²) in [5.41, 5.74) is 0.556. The van der Waals surface area contributed by atoms with Gasteiger partial charge >= 0.3 is 18.1 Å². The lowest BCUT2D eigenvalue weighted by Gasteiger charge is -2.49. The van der Waals surface area contributed by atoms with Crippen molar-refractivity contribution < 1.29 is 66.3 Å². The number of fused-ring (bicyclic) bond motifs is 4. The highest BCUT2D eigenvalue weighted by Gasteiger charge is 2.76. The predicted molar refractivity (Wildman–Crippen MR) is 191 cm³/mol. The highest BCUT2D eigenvalue weighted by Crippen LogP contribution is 2.59. The first-order valence-electron chi connectivity index (χ1n) is 18.2. The third kappa shape index (κ3) is 7.78. The Morgan fingerprint density at radius 1 is 0.982 bits per heavy atom. The molecule has 7 rings (SSSR count). The molecule has 57 heavy (non-hydrogen) atoms. The maximum atomic E-state index is 14.8. The van der Waals surface area contributed by atoms with Crippen LogP contribution in [0.1, 0.15) is 35.6 Å². The smallest absolute Gasteiger partial charge is 0.422 e. The quantitative estimate of drug-likeness (QED) is 0.147. The van der Waals surface area contributed by atoms with E-state index in [9.17, 15) is 42.6 Å². The summed E-state index contributed by atoms with van der Waals surface area (Å²) in [4.78, 5) is 60.5. The summed E-state index contributed by atoms with van der Waals surface area (Å²) in [6.07, 6.45) is -8.13. The number of nitrogens with zero attached hydrogens (tertiary/aromatic N) is 1. The van der Waals surface area contributed by atoms with Crippen molar-refractivity contribution in [3.8, 4) is 0 Å². The first kappa shape index (κ1) is 40.0. The number of carbonyl (C=O) groups excluding carboxylic acids is 4. The maximum Gasteiger partial charge on any atom is 0.422 e.